The first-order valence-corrected chi connectivity index (χ1v) is 9.08. The fourth-order valence-electron chi connectivity index (χ4n) is 2.67. The zero-order valence-corrected chi connectivity index (χ0v) is 13.7. The molecule has 1 atom stereocenters. The molecule has 1 aliphatic rings. The maximum absolute atomic E-state index is 12.7. The van der Waals surface area contributed by atoms with Gasteiger partial charge in [-0.1, -0.05) is 30.3 Å². The standard InChI is InChI=1S/C16H19N3O3S/c1-12(20)16(13-6-3-2-4-7-13)18-23(21,22)15-10-11-17-19(15)14-8-5-9-14/h2-4,6-7,10-11,14,16,18H,5,8-9H2,1H3. The third kappa shape index (κ3) is 3.20. The third-order valence-corrected chi connectivity index (χ3v) is 5.56. The molecule has 1 aromatic heterocycles. The van der Waals surface area contributed by atoms with Gasteiger partial charge in [-0.05, 0) is 37.8 Å². The van der Waals surface area contributed by atoms with E-state index in [0.717, 1.165) is 19.3 Å². The van der Waals surface area contributed by atoms with Crippen molar-refractivity contribution in [3.63, 3.8) is 0 Å². The van der Waals surface area contributed by atoms with E-state index < -0.39 is 16.1 Å². The monoisotopic (exact) mass is 333 g/mol. The molecule has 1 fully saturated rings. The summed E-state index contributed by atoms with van der Waals surface area (Å²) in [5, 5.41) is 4.26. The number of Topliss-reactive ketones (excluding diaryl/α,β-unsaturated/α-hetero) is 1. The van der Waals surface area contributed by atoms with Crippen molar-refractivity contribution in [1.82, 2.24) is 14.5 Å². The molecule has 1 aromatic carbocycles. The summed E-state index contributed by atoms with van der Waals surface area (Å²) in [7, 11) is -3.83. The molecule has 1 N–H and O–H groups in total. The van der Waals surface area contributed by atoms with Gasteiger partial charge in [0.2, 0.25) is 0 Å². The van der Waals surface area contributed by atoms with Crippen LogP contribution in [0.5, 0.6) is 0 Å². The molecule has 0 radical (unpaired) electrons. The molecule has 122 valence electrons. The molecule has 0 aliphatic heterocycles. The Morgan fingerprint density at radius 1 is 1.26 bits per heavy atom. The number of carbonyl (C=O) groups is 1. The summed E-state index contributed by atoms with van der Waals surface area (Å²) < 4.78 is 29.5. The van der Waals surface area contributed by atoms with Crippen LogP contribution in [0.2, 0.25) is 0 Å². The molecule has 3 rings (SSSR count). The van der Waals surface area contributed by atoms with Gasteiger partial charge in [0.05, 0.1) is 12.2 Å². The summed E-state index contributed by atoms with van der Waals surface area (Å²) in [6, 6.07) is 9.55. The summed E-state index contributed by atoms with van der Waals surface area (Å²) in [5.41, 5.74) is 0.623. The van der Waals surface area contributed by atoms with Gasteiger partial charge in [-0.25, -0.2) is 13.1 Å². The van der Waals surface area contributed by atoms with Crippen LogP contribution in [0.1, 0.15) is 43.8 Å². The highest BCUT2D eigenvalue weighted by Crippen LogP contribution is 2.33. The highest BCUT2D eigenvalue weighted by molar-refractivity contribution is 7.89. The number of benzene rings is 1. The van der Waals surface area contributed by atoms with Gasteiger partial charge in [0, 0.05) is 0 Å². The van der Waals surface area contributed by atoms with Gasteiger partial charge in [-0.3, -0.25) is 4.79 Å². The van der Waals surface area contributed by atoms with Gasteiger partial charge < -0.3 is 0 Å². The van der Waals surface area contributed by atoms with Gasteiger partial charge in [-0.2, -0.15) is 9.82 Å². The van der Waals surface area contributed by atoms with Crippen LogP contribution in [0.15, 0.2) is 47.6 Å². The van der Waals surface area contributed by atoms with Crippen LogP contribution in [-0.4, -0.2) is 24.0 Å². The number of sulfonamides is 1. The number of carbonyl (C=O) groups excluding carboxylic acids is 1. The van der Waals surface area contributed by atoms with E-state index >= 15 is 0 Å². The maximum Gasteiger partial charge on any atom is 0.258 e. The number of nitrogens with zero attached hydrogens (tertiary/aromatic N) is 2. The molecular formula is C16H19N3O3S. The zero-order chi connectivity index (χ0) is 16.4. The van der Waals surface area contributed by atoms with Crippen LogP contribution in [0.25, 0.3) is 0 Å². The molecule has 1 aliphatic carbocycles. The van der Waals surface area contributed by atoms with E-state index in [4.69, 9.17) is 0 Å². The van der Waals surface area contributed by atoms with E-state index in [0.29, 0.717) is 5.56 Å². The van der Waals surface area contributed by atoms with Gasteiger partial charge >= 0.3 is 0 Å². The van der Waals surface area contributed by atoms with Gasteiger partial charge in [0.1, 0.15) is 6.04 Å². The largest absolute Gasteiger partial charge is 0.298 e. The predicted molar refractivity (Wildman–Crippen MR) is 85.3 cm³/mol. The summed E-state index contributed by atoms with van der Waals surface area (Å²) in [4.78, 5) is 11.9. The summed E-state index contributed by atoms with van der Waals surface area (Å²) >= 11 is 0. The van der Waals surface area contributed by atoms with E-state index in [1.165, 1.54) is 19.2 Å². The SMILES string of the molecule is CC(=O)C(NS(=O)(=O)c1ccnn1C1CCC1)c1ccccc1. The minimum atomic E-state index is -3.83. The molecule has 1 unspecified atom stereocenters. The normalized spacial score (nSPS) is 16.7. The number of aromatic nitrogens is 2. The summed E-state index contributed by atoms with van der Waals surface area (Å²) in [5.74, 6) is -0.255. The highest BCUT2D eigenvalue weighted by atomic mass is 32.2. The molecule has 23 heavy (non-hydrogen) atoms. The first-order valence-electron chi connectivity index (χ1n) is 7.60. The van der Waals surface area contributed by atoms with Crippen molar-refractivity contribution in [2.45, 2.75) is 43.3 Å². The van der Waals surface area contributed by atoms with Crippen LogP contribution < -0.4 is 4.72 Å². The van der Waals surface area contributed by atoms with Crippen LogP contribution in [0, 0.1) is 0 Å². The van der Waals surface area contributed by atoms with Gasteiger partial charge in [0.25, 0.3) is 10.0 Å². The van der Waals surface area contributed by atoms with Crippen molar-refractivity contribution in [3.05, 3.63) is 48.2 Å². The quantitative estimate of drug-likeness (QED) is 0.879. The Bertz CT molecular complexity index is 795. The summed E-state index contributed by atoms with van der Waals surface area (Å²) in [6.07, 6.45) is 4.42. The zero-order valence-electron chi connectivity index (χ0n) is 12.8. The second-order valence-corrected chi connectivity index (χ2v) is 7.44. The minimum absolute atomic E-state index is 0.115. The van der Waals surface area contributed by atoms with E-state index in [2.05, 4.69) is 9.82 Å². The van der Waals surface area contributed by atoms with E-state index in [-0.39, 0.29) is 16.9 Å². The maximum atomic E-state index is 12.7. The molecule has 6 nitrogen and oxygen atoms in total. The Morgan fingerprint density at radius 3 is 2.52 bits per heavy atom. The molecule has 0 saturated heterocycles. The van der Waals surface area contributed by atoms with E-state index in [9.17, 15) is 13.2 Å². The lowest BCUT2D eigenvalue weighted by molar-refractivity contribution is -0.118. The average molecular weight is 333 g/mol. The van der Waals surface area contributed by atoms with Crippen LogP contribution in [-0.2, 0) is 14.8 Å². The van der Waals surface area contributed by atoms with Crippen LogP contribution in [0.4, 0.5) is 0 Å². The lowest BCUT2D eigenvalue weighted by Gasteiger charge is -2.27. The van der Waals surface area contributed by atoms with Crippen molar-refractivity contribution in [3.8, 4) is 0 Å². The molecule has 2 aromatic rings. The van der Waals surface area contributed by atoms with Gasteiger partial charge in [-0.15, -0.1) is 0 Å². The second kappa shape index (κ2) is 6.25. The first kappa shape index (κ1) is 15.9. The average Bonchev–Trinajstić information content (AvgIpc) is 2.93. The lowest BCUT2D eigenvalue weighted by atomic mass is 9.93. The lowest BCUT2D eigenvalue weighted by Crippen LogP contribution is -2.35. The topological polar surface area (TPSA) is 81.1 Å². The Morgan fingerprint density at radius 2 is 1.96 bits per heavy atom. The van der Waals surface area contributed by atoms with Crippen molar-refractivity contribution in [1.29, 1.82) is 0 Å². The molecule has 1 heterocycles. The molecule has 0 spiro atoms. The van der Waals surface area contributed by atoms with Crippen molar-refractivity contribution >= 4 is 15.8 Å². The first-order chi connectivity index (χ1) is 11.0. The Kier molecular flexibility index (Phi) is 4.32. The molecule has 1 saturated carbocycles. The number of rotatable bonds is 6. The van der Waals surface area contributed by atoms with Gasteiger partial charge in [0.15, 0.2) is 10.8 Å². The number of nitrogens with one attached hydrogen (secondary N) is 1. The number of ketones is 1. The number of hydrogen-bond donors (Lipinski definition) is 1. The fraction of sp³-hybridized carbons (Fsp3) is 0.375. The molecule has 7 heteroatoms. The van der Waals surface area contributed by atoms with Crippen LogP contribution >= 0.6 is 0 Å². The van der Waals surface area contributed by atoms with E-state index in [1.54, 1.807) is 28.9 Å². The Labute approximate surface area is 135 Å². The minimum Gasteiger partial charge on any atom is -0.298 e. The van der Waals surface area contributed by atoms with Crippen molar-refractivity contribution < 1.29 is 13.2 Å². The number of hydrogen-bond acceptors (Lipinski definition) is 4. The molecule has 0 bridgehead atoms. The Balaban J connectivity index is 1.90. The smallest absolute Gasteiger partial charge is 0.258 e. The summed E-state index contributed by atoms with van der Waals surface area (Å²) in [6.45, 7) is 1.38. The predicted octanol–water partition coefficient (Wildman–Crippen LogP) is 2.22. The van der Waals surface area contributed by atoms with E-state index in [1.807, 2.05) is 6.07 Å². The second-order valence-electron chi connectivity index (χ2n) is 5.77. The highest BCUT2D eigenvalue weighted by Gasteiger charge is 2.30. The van der Waals surface area contributed by atoms with Crippen molar-refractivity contribution in [2.24, 2.45) is 0 Å². The Hall–Kier alpha value is -1.99. The van der Waals surface area contributed by atoms with Crippen LogP contribution in [0.3, 0.4) is 0 Å². The molecular weight excluding hydrogens is 314 g/mol. The molecule has 0 amide bonds. The fourth-order valence-corrected chi connectivity index (χ4v) is 4.08. The third-order valence-electron chi connectivity index (χ3n) is 4.14. The van der Waals surface area contributed by atoms with Crippen molar-refractivity contribution in [2.75, 3.05) is 0 Å².